The Bertz CT molecular complexity index is 925. The van der Waals surface area contributed by atoms with Crippen molar-refractivity contribution in [3.63, 3.8) is 0 Å². The number of fused-ring (bicyclic) bond motifs is 3. The Morgan fingerprint density at radius 2 is 1.85 bits per heavy atom. The lowest BCUT2D eigenvalue weighted by molar-refractivity contribution is -0.135. The number of hydrogen-bond acceptors (Lipinski definition) is 4. The number of piperidine rings is 2. The maximum absolute atomic E-state index is 14.7. The van der Waals surface area contributed by atoms with Gasteiger partial charge in [0.05, 0.1) is 5.69 Å². The van der Waals surface area contributed by atoms with E-state index in [0.29, 0.717) is 42.4 Å². The standard InChI is InChI=1S/C18H18F2N4O2/c19-13-3-9-5-23(14-1-2-15(25)22-18(14)26)8-12(9)17(16(13)20)24-6-10-4-11(7-24)21-10/h3,5,8,10-11,14,21H,1-2,4,6-7H2,(H,22,25,26). The van der Waals surface area contributed by atoms with Crippen molar-refractivity contribution in [2.45, 2.75) is 37.4 Å². The molecular formula is C18H18F2N4O2. The van der Waals surface area contributed by atoms with Crippen LogP contribution in [0.15, 0.2) is 18.5 Å². The fourth-order valence-electron chi connectivity index (χ4n) is 4.39. The van der Waals surface area contributed by atoms with Crippen LogP contribution in [0.5, 0.6) is 0 Å². The molecule has 6 nitrogen and oxygen atoms in total. The summed E-state index contributed by atoms with van der Waals surface area (Å²) >= 11 is 0. The number of imide groups is 1. The number of halogens is 2. The highest BCUT2D eigenvalue weighted by Gasteiger charge is 2.38. The number of aromatic nitrogens is 1. The van der Waals surface area contributed by atoms with E-state index >= 15 is 0 Å². The predicted molar refractivity (Wildman–Crippen MR) is 90.8 cm³/mol. The zero-order valence-corrected chi connectivity index (χ0v) is 14.0. The van der Waals surface area contributed by atoms with Crippen molar-refractivity contribution in [2.75, 3.05) is 18.0 Å². The molecule has 26 heavy (non-hydrogen) atoms. The number of anilines is 1. The summed E-state index contributed by atoms with van der Waals surface area (Å²) in [5.74, 6) is -2.41. The first-order valence-electron chi connectivity index (χ1n) is 8.83. The number of nitrogens with one attached hydrogen (secondary N) is 2. The molecule has 0 saturated carbocycles. The molecule has 4 saturated heterocycles. The smallest absolute Gasteiger partial charge is 0.249 e. The van der Waals surface area contributed by atoms with E-state index in [1.54, 1.807) is 17.0 Å². The highest BCUT2D eigenvalue weighted by Crippen LogP contribution is 2.37. The second-order valence-electron chi connectivity index (χ2n) is 7.40. The summed E-state index contributed by atoms with van der Waals surface area (Å²) in [6.07, 6.45) is 5.05. The first kappa shape index (κ1) is 15.7. The van der Waals surface area contributed by atoms with Crippen LogP contribution in [0, 0.1) is 11.6 Å². The van der Waals surface area contributed by atoms with E-state index < -0.39 is 17.7 Å². The van der Waals surface area contributed by atoms with Gasteiger partial charge in [-0.15, -0.1) is 0 Å². The zero-order valence-electron chi connectivity index (χ0n) is 14.0. The number of piperazine rings is 1. The number of amides is 2. The van der Waals surface area contributed by atoms with Crippen molar-refractivity contribution in [3.8, 4) is 0 Å². The van der Waals surface area contributed by atoms with E-state index in [1.807, 2.05) is 4.90 Å². The molecule has 4 aliphatic rings. The Morgan fingerprint density at radius 1 is 1.12 bits per heavy atom. The van der Waals surface area contributed by atoms with E-state index in [-0.39, 0.29) is 23.9 Å². The van der Waals surface area contributed by atoms with E-state index in [2.05, 4.69) is 10.6 Å². The first-order chi connectivity index (χ1) is 12.5. The van der Waals surface area contributed by atoms with Crippen molar-refractivity contribution >= 4 is 28.3 Å². The van der Waals surface area contributed by atoms with E-state index in [9.17, 15) is 18.4 Å². The number of carbonyl (C=O) groups is 2. The molecule has 136 valence electrons. The van der Waals surface area contributed by atoms with Crippen molar-refractivity contribution in [2.24, 2.45) is 0 Å². The Hall–Kier alpha value is -2.48. The van der Waals surface area contributed by atoms with Crippen molar-refractivity contribution in [3.05, 3.63) is 30.1 Å². The minimum atomic E-state index is -0.888. The lowest BCUT2D eigenvalue weighted by Gasteiger charge is -2.49. The van der Waals surface area contributed by atoms with Gasteiger partial charge in [-0.05, 0) is 18.9 Å². The van der Waals surface area contributed by atoms with Gasteiger partial charge in [0, 0.05) is 54.8 Å². The topological polar surface area (TPSA) is 66.4 Å². The summed E-state index contributed by atoms with van der Waals surface area (Å²) in [6.45, 7) is 1.27. The number of carbonyl (C=O) groups excluding carboxylic acids is 2. The van der Waals surface area contributed by atoms with Gasteiger partial charge in [0.15, 0.2) is 11.6 Å². The third-order valence-electron chi connectivity index (χ3n) is 5.64. The van der Waals surface area contributed by atoms with Crippen LogP contribution in [0.3, 0.4) is 0 Å². The van der Waals surface area contributed by atoms with E-state index in [0.717, 1.165) is 6.42 Å². The summed E-state index contributed by atoms with van der Waals surface area (Å²) in [4.78, 5) is 25.4. The minimum absolute atomic E-state index is 0.252. The SMILES string of the molecule is O=C1CCC(n2cc3cc(F)c(F)c(N4CC5CC(C4)N5)c3c2)C(=O)N1. The number of rotatable bonds is 2. The lowest BCUT2D eigenvalue weighted by atomic mass is 9.90. The van der Waals surface area contributed by atoms with Crippen LogP contribution in [0.25, 0.3) is 10.8 Å². The van der Waals surface area contributed by atoms with Crippen LogP contribution in [-0.4, -0.2) is 41.6 Å². The van der Waals surface area contributed by atoms with Crippen LogP contribution in [0.4, 0.5) is 14.5 Å². The second-order valence-corrected chi connectivity index (χ2v) is 7.40. The molecule has 2 bridgehead atoms. The lowest BCUT2D eigenvalue weighted by Crippen LogP contribution is -2.67. The average Bonchev–Trinajstić information content (AvgIpc) is 2.98. The Morgan fingerprint density at radius 3 is 2.54 bits per heavy atom. The van der Waals surface area contributed by atoms with Crippen LogP contribution in [0.1, 0.15) is 25.3 Å². The van der Waals surface area contributed by atoms with Gasteiger partial charge in [0.1, 0.15) is 6.04 Å². The summed E-state index contributed by atoms with van der Waals surface area (Å²) in [6, 6.07) is 1.24. The molecule has 2 aromatic rings. The molecular weight excluding hydrogens is 342 g/mol. The van der Waals surface area contributed by atoms with Gasteiger partial charge in [-0.1, -0.05) is 0 Å². The third-order valence-corrected chi connectivity index (χ3v) is 5.64. The Labute approximate surface area is 148 Å². The van der Waals surface area contributed by atoms with Crippen molar-refractivity contribution < 1.29 is 18.4 Å². The number of benzene rings is 1. The summed E-state index contributed by atoms with van der Waals surface area (Å²) in [7, 11) is 0. The molecule has 1 aromatic heterocycles. The molecule has 5 heterocycles. The van der Waals surface area contributed by atoms with Crippen LogP contribution in [-0.2, 0) is 9.59 Å². The fourth-order valence-corrected chi connectivity index (χ4v) is 4.39. The van der Waals surface area contributed by atoms with Gasteiger partial charge in [-0.25, -0.2) is 8.78 Å². The molecule has 0 aliphatic carbocycles. The largest absolute Gasteiger partial charge is 0.365 e. The Kier molecular flexibility index (Phi) is 3.34. The first-order valence-corrected chi connectivity index (χ1v) is 8.83. The molecule has 4 aliphatic heterocycles. The average molecular weight is 360 g/mol. The maximum Gasteiger partial charge on any atom is 0.249 e. The summed E-state index contributed by atoms with van der Waals surface area (Å²) in [5.41, 5.74) is 0.266. The summed E-state index contributed by atoms with van der Waals surface area (Å²) < 4.78 is 30.5. The molecule has 0 radical (unpaired) electrons. The zero-order chi connectivity index (χ0) is 18.0. The molecule has 2 amide bonds. The normalized spacial score (nSPS) is 28.2. The van der Waals surface area contributed by atoms with Gasteiger partial charge in [0.2, 0.25) is 11.8 Å². The summed E-state index contributed by atoms with van der Waals surface area (Å²) in [5, 5.41) is 6.84. The predicted octanol–water partition coefficient (Wildman–Crippen LogP) is 1.45. The molecule has 6 rings (SSSR count). The highest BCUT2D eigenvalue weighted by atomic mass is 19.2. The minimum Gasteiger partial charge on any atom is -0.365 e. The van der Waals surface area contributed by atoms with Crippen molar-refractivity contribution in [1.82, 2.24) is 15.2 Å². The van der Waals surface area contributed by atoms with Crippen LogP contribution >= 0.6 is 0 Å². The second kappa shape index (κ2) is 5.51. The Balaban J connectivity index is 1.58. The van der Waals surface area contributed by atoms with Gasteiger partial charge >= 0.3 is 0 Å². The monoisotopic (exact) mass is 360 g/mol. The molecule has 0 spiro atoms. The molecule has 1 aromatic carbocycles. The van der Waals surface area contributed by atoms with E-state index in [4.69, 9.17) is 0 Å². The van der Waals surface area contributed by atoms with Crippen molar-refractivity contribution in [1.29, 1.82) is 0 Å². The van der Waals surface area contributed by atoms with Gasteiger partial charge in [-0.3, -0.25) is 14.9 Å². The quantitative estimate of drug-likeness (QED) is 0.796. The molecule has 3 atom stereocenters. The number of hydrogen-bond donors (Lipinski definition) is 2. The highest BCUT2D eigenvalue weighted by molar-refractivity contribution is 6.00. The molecule has 4 fully saturated rings. The molecule has 8 heteroatoms. The molecule has 3 unspecified atom stereocenters. The van der Waals surface area contributed by atoms with Gasteiger partial charge in [-0.2, -0.15) is 0 Å². The molecule has 2 N–H and O–H groups in total. The maximum atomic E-state index is 14.7. The third kappa shape index (κ3) is 2.32. The van der Waals surface area contributed by atoms with E-state index in [1.165, 1.54) is 6.07 Å². The van der Waals surface area contributed by atoms with Gasteiger partial charge < -0.3 is 14.8 Å². The fraction of sp³-hybridized carbons (Fsp3) is 0.444. The van der Waals surface area contributed by atoms with Crippen LogP contribution < -0.4 is 15.5 Å². The van der Waals surface area contributed by atoms with Gasteiger partial charge in [0.25, 0.3) is 0 Å². The number of nitrogens with zero attached hydrogens (tertiary/aromatic N) is 2. The van der Waals surface area contributed by atoms with Crippen LogP contribution in [0.2, 0.25) is 0 Å².